The summed E-state index contributed by atoms with van der Waals surface area (Å²) in [6, 6.07) is 0. The van der Waals surface area contributed by atoms with Gasteiger partial charge in [0.25, 0.3) is 0 Å². The first kappa shape index (κ1) is 8.83. The number of nitrogens with zero attached hydrogens (tertiary/aromatic N) is 1. The van der Waals surface area contributed by atoms with E-state index in [4.69, 9.17) is 9.57 Å². The third-order valence-electron chi connectivity index (χ3n) is 1.52. The first-order valence-electron chi connectivity index (χ1n) is 3.73. The van der Waals surface area contributed by atoms with Crippen LogP contribution in [0.4, 0.5) is 0 Å². The molecule has 1 heterocycles. The van der Waals surface area contributed by atoms with Gasteiger partial charge in [-0.2, -0.15) is 0 Å². The molecule has 0 aromatic heterocycles. The standard InChI is InChI=1S/C7H12N2O3/c1-5(10)8-4-6-3-7(11-2)9-12-6/h6H,3-4H2,1-2H3,(H,8,10). The molecule has 0 aromatic rings. The Labute approximate surface area is 70.7 Å². The molecule has 0 bridgehead atoms. The molecular formula is C7H12N2O3. The van der Waals surface area contributed by atoms with Crippen LogP contribution in [-0.4, -0.2) is 31.6 Å². The summed E-state index contributed by atoms with van der Waals surface area (Å²) >= 11 is 0. The zero-order chi connectivity index (χ0) is 8.97. The molecule has 1 aliphatic heterocycles. The van der Waals surface area contributed by atoms with Gasteiger partial charge in [-0.05, 0) is 0 Å². The minimum Gasteiger partial charge on any atom is -0.482 e. The number of ether oxygens (including phenoxy) is 1. The number of methoxy groups -OCH3 is 1. The van der Waals surface area contributed by atoms with Crippen LogP contribution in [0, 0.1) is 0 Å². The molecule has 68 valence electrons. The molecule has 5 heteroatoms. The molecule has 0 saturated carbocycles. The fraction of sp³-hybridized carbons (Fsp3) is 0.714. The van der Waals surface area contributed by atoms with E-state index < -0.39 is 0 Å². The molecule has 5 nitrogen and oxygen atoms in total. The molecule has 1 N–H and O–H groups in total. The van der Waals surface area contributed by atoms with Gasteiger partial charge in [0.15, 0.2) is 6.10 Å². The third kappa shape index (κ3) is 2.41. The van der Waals surface area contributed by atoms with Crippen LogP contribution >= 0.6 is 0 Å². The van der Waals surface area contributed by atoms with E-state index in [1.54, 1.807) is 7.11 Å². The molecule has 1 amide bonds. The lowest BCUT2D eigenvalue weighted by molar-refractivity contribution is -0.119. The maximum Gasteiger partial charge on any atom is 0.229 e. The Balaban J connectivity index is 2.18. The highest BCUT2D eigenvalue weighted by Crippen LogP contribution is 2.09. The summed E-state index contributed by atoms with van der Waals surface area (Å²) in [4.78, 5) is 15.5. The third-order valence-corrected chi connectivity index (χ3v) is 1.52. The molecule has 1 aliphatic rings. The Hall–Kier alpha value is -1.26. The molecule has 0 fully saturated rings. The van der Waals surface area contributed by atoms with E-state index >= 15 is 0 Å². The summed E-state index contributed by atoms with van der Waals surface area (Å²) in [5, 5.41) is 6.30. The van der Waals surface area contributed by atoms with Crippen LogP contribution in [0.3, 0.4) is 0 Å². The van der Waals surface area contributed by atoms with Gasteiger partial charge in [0.2, 0.25) is 11.8 Å². The van der Waals surface area contributed by atoms with Gasteiger partial charge in [-0.3, -0.25) is 4.79 Å². The number of rotatable bonds is 2. The second-order valence-electron chi connectivity index (χ2n) is 2.56. The number of carbonyl (C=O) groups is 1. The van der Waals surface area contributed by atoms with Crippen LogP contribution in [-0.2, 0) is 14.4 Å². The molecular weight excluding hydrogens is 160 g/mol. The summed E-state index contributed by atoms with van der Waals surface area (Å²) in [7, 11) is 1.54. The Kier molecular flexibility index (Phi) is 2.90. The van der Waals surface area contributed by atoms with Crippen LogP contribution in [0.15, 0.2) is 5.16 Å². The maximum absolute atomic E-state index is 10.5. The Morgan fingerprint density at radius 3 is 3.17 bits per heavy atom. The molecule has 0 spiro atoms. The average Bonchev–Trinajstić information content (AvgIpc) is 2.48. The zero-order valence-electron chi connectivity index (χ0n) is 7.16. The molecule has 0 radical (unpaired) electrons. The summed E-state index contributed by atoms with van der Waals surface area (Å²) in [5.74, 6) is 0.509. The largest absolute Gasteiger partial charge is 0.482 e. The number of carbonyl (C=O) groups excluding carboxylic acids is 1. The van der Waals surface area contributed by atoms with Crippen LogP contribution in [0.1, 0.15) is 13.3 Å². The van der Waals surface area contributed by atoms with Crippen molar-refractivity contribution in [3.05, 3.63) is 0 Å². The Morgan fingerprint density at radius 1 is 1.92 bits per heavy atom. The Morgan fingerprint density at radius 2 is 2.67 bits per heavy atom. The van der Waals surface area contributed by atoms with Crippen molar-refractivity contribution in [1.29, 1.82) is 0 Å². The van der Waals surface area contributed by atoms with E-state index in [1.165, 1.54) is 6.92 Å². The zero-order valence-corrected chi connectivity index (χ0v) is 7.16. The number of amides is 1. The van der Waals surface area contributed by atoms with Gasteiger partial charge in [0, 0.05) is 6.92 Å². The van der Waals surface area contributed by atoms with Crippen LogP contribution in [0.2, 0.25) is 0 Å². The van der Waals surface area contributed by atoms with Crippen molar-refractivity contribution in [2.75, 3.05) is 13.7 Å². The molecule has 0 aliphatic carbocycles. The molecule has 0 aromatic carbocycles. The first-order valence-corrected chi connectivity index (χ1v) is 3.73. The quantitative estimate of drug-likeness (QED) is 0.631. The molecule has 1 atom stereocenters. The van der Waals surface area contributed by atoms with Gasteiger partial charge in [-0.25, -0.2) is 0 Å². The first-order chi connectivity index (χ1) is 5.72. The number of hydrogen-bond acceptors (Lipinski definition) is 4. The smallest absolute Gasteiger partial charge is 0.229 e. The lowest BCUT2D eigenvalue weighted by atomic mass is 10.2. The number of hydrogen-bond donors (Lipinski definition) is 1. The minimum absolute atomic E-state index is 0.0653. The number of nitrogens with one attached hydrogen (secondary N) is 1. The molecule has 1 rings (SSSR count). The van der Waals surface area contributed by atoms with Crippen molar-refractivity contribution < 1.29 is 14.4 Å². The lowest BCUT2D eigenvalue weighted by Crippen LogP contribution is -2.30. The summed E-state index contributed by atoms with van der Waals surface area (Å²) in [6.07, 6.45) is 0.542. The van der Waals surface area contributed by atoms with Crippen molar-refractivity contribution in [3.63, 3.8) is 0 Å². The number of oxime groups is 1. The highest BCUT2D eigenvalue weighted by Gasteiger charge is 2.21. The molecule has 0 saturated heterocycles. The average molecular weight is 172 g/mol. The highest BCUT2D eigenvalue weighted by molar-refractivity contribution is 5.77. The monoisotopic (exact) mass is 172 g/mol. The van der Waals surface area contributed by atoms with Gasteiger partial charge in [-0.15, -0.1) is 0 Å². The van der Waals surface area contributed by atoms with Crippen LogP contribution < -0.4 is 5.32 Å². The van der Waals surface area contributed by atoms with E-state index in [9.17, 15) is 4.79 Å². The summed E-state index contributed by atoms with van der Waals surface area (Å²) in [5.41, 5.74) is 0. The van der Waals surface area contributed by atoms with Crippen LogP contribution in [0.5, 0.6) is 0 Å². The van der Waals surface area contributed by atoms with Gasteiger partial charge in [0.1, 0.15) is 0 Å². The van der Waals surface area contributed by atoms with Crippen molar-refractivity contribution >= 4 is 11.8 Å². The van der Waals surface area contributed by atoms with Gasteiger partial charge < -0.3 is 14.9 Å². The van der Waals surface area contributed by atoms with Crippen molar-refractivity contribution in [1.82, 2.24) is 5.32 Å². The Bertz CT molecular complexity index is 203. The predicted molar refractivity (Wildman–Crippen MR) is 42.6 cm³/mol. The summed E-state index contributed by atoms with van der Waals surface area (Å²) < 4.78 is 4.86. The fourth-order valence-electron chi connectivity index (χ4n) is 0.890. The van der Waals surface area contributed by atoms with Crippen molar-refractivity contribution in [2.45, 2.75) is 19.4 Å². The molecule has 12 heavy (non-hydrogen) atoms. The van der Waals surface area contributed by atoms with Gasteiger partial charge in [-0.1, -0.05) is 5.16 Å². The topological polar surface area (TPSA) is 59.9 Å². The lowest BCUT2D eigenvalue weighted by Gasteiger charge is -2.06. The maximum atomic E-state index is 10.5. The van der Waals surface area contributed by atoms with Crippen molar-refractivity contribution in [3.8, 4) is 0 Å². The second kappa shape index (κ2) is 3.94. The predicted octanol–water partition coefficient (Wildman–Crippen LogP) is -0.129. The normalized spacial score (nSPS) is 21.2. The van der Waals surface area contributed by atoms with Gasteiger partial charge >= 0.3 is 0 Å². The van der Waals surface area contributed by atoms with Crippen molar-refractivity contribution in [2.24, 2.45) is 5.16 Å². The van der Waals surface area contributed by atoms with Crippen LogP contribution in [0.25, 0.3) is 0 Å². The van der Waals surface area contributed by atoms with E-state index in [1.807, 2.05) is 0 Å². The fourth-order valence-corrected chi connectivity index (χ4v) is 0.890. The van der Waals surface area contributed by atoms with E-state index in [0.717, 1.165) is 0 Å². The second-order valence-corrected chi connectivity index (χ2v) is 2.56. The van der Waals surface area contributed by atoms with E-state index in [-0.39, 0.29) is 12.0 Å². The van der Waals surface area contributed by atoms with Gasteiger partial charge in [0.05, 0.1) is 20.1 Å². The highest BCUT2D eigenvalue weighted by atomic mass is 16.7. The van der Waals surface area contributed by atoms with E-state index in [0.29, 0.717) is 18.9 Å². The minimum atomic E-state index is -0.0798. The molecule has 1 unspecified atom stereocenters. The SMILES string of the molecule is COC1=NOC(CNC(C)=O)C1. The van der Waals surface area contributed by atoms with E-state index in [2.05, 4.69) is 10.5 Å². The summed E-state index contributed by atoms with van der Waals surface area (Å²) in [6.45, 7) is 1.94.